The number of hydrogen-bond acceptors (Lipinski definition) is 4. The van der Waals surface area contributed by atoms with Crippen molar-refractivity contribution in [2.45, 2.75) is 83.0 Å². The van der Waals surface area contributed by atoms with E-state index < -0.39 is 18.2 Å². The maximum Gasteiger partial charge on any atom is 0.303 e. The molecule has 0 amide bonds. The van der Waals surface area contributed by atoms with Gasteiger partial charge in [-0.05, 0) is 25.3 Å². The average Bonchev–Trinajstić information content (AvgIpc) is 3.06. The molecule has 1 fully saturated rings. The van der Waals surface area contributed by atoms with Crippen LogP contribution in [-0.2, 0) is 9.53 Å². The molecule has 142 valence electrons. The Morgan fingerprint density at radius 3 is 2.88 bits per heavy atom. The fourth-order valence-electron chi connectivity index (χ4n) is 3.78. The van der Waals surface area contributed by atoms with Gasteiger partial charge in [0.1, 0.15) is 6.10 Å². The Morgan fingerprint density at radius 2 is 2.16 bits per heavy atom. The lowest BCUT2D eigenvalue weighted by Crippen LogP contribution is -2.17. The Labute approximate surface area is 150 Å². The molecule has 5 atom stereocenters. The normalized spacial score (nSPS) is 29.5. The van der Waals surface area contributed by atoms with Gasteiger partial charge in [0.15, 0.2) is 0 Å². The summed E-state index contributed by atoms with van der Waals surface area (Å²) in [5.41, 5.74) is 0. The minimum absolute atomic E-state index is 0.0105. The SMILES string of the molecule is CCCCCC(O)C=C[C@H]1C(O)CC2OC(CCCCC(=O)O)=C[C@@H]21. The third kappa shape index (κ3) is 6.15. The fourth-order valence-corrected chi connectivity index (χ4v) is 3.78. The van der Waals surface area contributed by atoms with Crippen molar-refractivity contribution < 1.29 is 24.9 Å². The molecule has 0 radical (unpaired) electrons. The highest BCUT2D eigenvalue weighted by molar-refractivity contribution is 5.66. The van der Waals surface area contributed by atoms with Crippen molar-refractivity contribution in [1.82, 2.24) is 0 Å². The van der Waals surface area contributed by atoms with Gasteiger partial charge in [-0.2, -0.15) is 0 Å². The van der Waals surface area contributed by atoms with E-state index in [1.54, 1.807) is 0 Å². The lowest BCUT2D eigenvalue weighted by atomic mass is 9.92. The number of rotatable bonds is 11. The van der Waals surface area contributed by atoms with E-state index in [-0.39, 0.29) is 24.4 Å². The molecule has 1 aliphatic heterocycles. The topological polar surface area (TPSA) is 87.0 Å². The van der Waals surface area contributed by atoms with Gasteiger partial charge in [0, 0.05) is 31.1 Å². The second-order valence-corrected chi connectivity index (χ2v) is 7.30. The third-order valence-electron chi connectivity index (χ3n) is 5.20. The van der Waals surface area contributed by atoms with Crippen LogP contribution < -0.4 is 0 Å². The molecule has 25 heavy (non-hydrogen) atoms. The molecule has 5 heteroatoms. The van der Waals surface area contributed by atoms with Crippen molar-refractivity contribution in [3.8, 4) is 0 Å². The lowest BCUT2D eigenvalue weighted by molar-refractivity contribution is -0.137. The van der Waals surface area contributed by atoms with Gasteiger partial charge < -0.3 is 20.1 Å². The minimum atomic E-state index is -0.760. The smallest absolute Gasteiger partial charge is 0.303 e. The summed E-state index contributed by atoms with van der Waals surface area (Å²) in [6, 6.07) is 0. The first-order chi connectivity index (χ1) is 12.0. The highest BCUT2D eigenvalue weighted by atomic mass is 16.5. The van der Waals surface area contributed by atoms with Gasteiger partial charge in [0.25, 0.3) is 0 Å². The molecule has 0 aromatic carbocycles. The highest BCUT2D eigenvalue weighted by Gasteiger charge is 2.44. The van der Waals surface area contributed by atoms with E-state index in [1.165, 1.54) is 0 Å². The summed E-state index contributed by atoms with van der Waals surface area (Å²) in [5.74, 6) is 0.309. The van der Waals surface area contributed by atoms with Crippen molar-refractivity contribution in [3.05, 3.63) is 24.0 Å². The Balaban J connectivity index is 1.82. The van der Waals surface area contributed by atoms with Gasteiger partial charge in [0.2, 0.25) is 0 Å². The monoisotopic (exact) mass is 352 g/mol. The maximum absolute atomic E-state index is 10.5. The maximum atomic E-state index is 10.5. The Hall–Kier alpha value is -1.33. The van der Waals surface area contributed by atoms with Crippen LogP contribution in [0.5, 0.6) is 0 Å². The predicted molar refractivity (Wildman–Crippen MR) is 96.0 cm³/mol. The molecule has 3 N–H and O–H groups in total. The largest absolute Gasteiger partial charge is 0.494 e. The number of aliphatic hydroxyl groups is 2. The molecule has 0 aromatic heterocycles. The third-order valence-corrected chi connectivity index (χ3v) is 5.20. The van der Waals surface area contributed by atoms with Gasteiger partial charge in [-0.25, -0.2) is 0 Å². The van der Waals surface area contributed by atoms with E-state index in [0.29, 0.717) is 12.8 Å². The Morgan fingerprint density at radius 1 is 1.36 bits per heavy atom. The molecule has 1 aliphatic carbocycles. The molecule has 2 rings (SSSR count). The number of ether oxygens (including phenoxy) is 1. The van der Waals surface area contributed by atoms with E-state index in [4.69, 9.17) is 9.84 Å². The zero-order valence-electron chi connectivity index (χ0n) is 15.1. The van der Waals surface area contributed by atoms with Crippen LogP contribution in [0.25, 0.3) is 0 Å². The van der Waals surface area contributed by atoms with E-state index >= 15 is 0 Å². The molecule has 0 saturated heterocycles. The Kier molecular flexibility index (Phi) is 7.97. The zero-order chi connectivity index (χ0) is 18.2. The molecule has 0 spiro atoms. The number of allylic oxidation sites excluding steroid dienone is 1. The number of carboxylic acids is 1. The number of aliphatic carboxylic acids is 1. The fraction of sp³-hybridized carbons (Fsp3) is 0.750. The van der Waals surface area contributed by atoms with Gasteiger partial charge >= 0.3 is 5.97 Å². The van der Waals surface area contributed by atoms with E-state index in [1.807, 2.05) is 12.2 Å². The molecule has 0 aromatic rings. The molecule has 5 nitrogen and oxygen atoms in total. The minimum Gasteiger partial charge on any atom is -0.494 e. The second-order valence-electron chi connectivity index (χ2n) is 7.30. The standard InChI is InChI=1S/C20H32O5/c1-2-3-4-7-14(21)10-11-16-17-12-15(8-5-6-9-20(23)24)25-19(17)13-18(16)22/h10-12,14,16-19,21-22H,2-9,13H2,1H3,(H,23,24)/t14?,16-,17-,18?,19?/m1/s1. The van der Waals surface area contributed by atoms with Crippen LogP contribution in [0.2, 0.25) is 0 Å². The van der Waals surface area contributed by atoms with Crippen molar-refractivity contribution in [2.75, 3.05) is 0 Å². The summed E-state index contributed by atoms with van der Waals surface area (Å²) in [6.45, 7) is 2.14. The lowest BCUT2D eigenvalue weighted by Gasteiger charge is -2.15. The second kappa shape index (κ2) is 9.97. The number of carbonyl (C=O) groups is 1. The average molecular weight is 352 g/mol. The first-order valence-electron chi connectivity index (χ1n) is 9.64. The summed E-state index contributed by atoms with van der Waals surface area (Å²) in [4.78, 5) is 10.5. The number of unbranched alkanes of at least 4 members (excludes halogenated alkanes) is 3. The van der Waals surface area contributed by atoms with Crippen molar-refractivity contribution in [1.29, 1.82) is 0 Å². The van der Waals surface area contributed by atoms with Crippen molar-refractivity contribution in [3.63, 3.8) is 0 Å². The summed E-state index contributed by atoms with van der Waals surface area (Å²) in [7, 11) is 0. The summed E-state index contributed by atoms with van der Waals surface area (Å²) in [5, 5.41) is 29.0. The van der Waals surface area contributed by atoms with Crippen molar-refractivity contribution >= 4 is 5.97 Å². The first-order valence-corrected chi connectivity index (χ1v) is 9.64. The van der Waals surface area contributed by atoms with Crippen LogP contribution in [-0.4, -0.2) is 39.6 Å². The Bertz CT molecular complexity index is 484. The summed E-state index contributed by atoms with van der Waals surface area (Å²) >= 11 is 0. The number of fused-ring (bicyclic) bond motifs is 1. The van der Waals surface area contributed by atoms with E-state index in [9.17, 15) is 15.0 Å². The number of hydrogen-bond donors (Lipinski definition) is 3. The molecular weight excluding hydrogens is 320 g/mol. The van der Waals surface area contributed by atoms with E-state index in [0.717, 1.165) is 44.3 Å². The predicted octanol–water partition coefficient (Wildman–Crippen LogP) is 3.41. The molecule has 0 bridgehead atoms. The van der Waals surface area contributed by atoms with Crippen LogP contribution in [0.4, 0.5) is 0 Å². The molecule has 1 saturated carbocycles. The van der Waals surface area contributed by atoms with E-state index in [2.05, 4.69) is 13.0 Å². The van der Waals surface area contributed by atoms with Crippen LogP contribution in [0.15, 0.2) is 24.0 Å². The van der Waals surface area contributed by atoms with Gasteiger partial charge in [-0.15, -0.1) is 0 Å². The summed E-state index contributed by atoms with van der Waals surface area (Å²) < 4.78 is 5.94. The van der Waals surface area contributed by atoms with Gasteiger partial charge in [-0.3, -0.25) is 4.79 Å². The van der Waals surface area contributed by atoms with Gasteiger partial charge in [0.05, 0.1) is 18.0 Å². The van der Waals surface area contributed by atoms with Crippen LogP contribution in [0.1, 0.15) is 64.7 Å². The number of aliphatic hydroxyl groups excluding tert-OH is 2. The molecular formula is C20H32O5. The molecule has 1 heterocycles. The molecule has 3 unspecified atom stereocenters. The number of carboxylic acid groups (broad SMARTS) is 1. The summed E-state index contributed by atoms with van der Waals surface area (Å²) in [6.07, 6.45) is 12.1. The first kappa shape index (κ1) is 20.0. The molecule has 2 aliphatic rings. The highest BCUT2D eigenvalue weighted by Crippen LogP contribution is 2.43. The zero-order valence-corrected chi connectivity index (χ0v) is 15.1. The van der Waals surface area contributed by atoms with Crippen LogP contribution >= 0.6 is 0 Å². The quantitative estimate of drug-likeness (QED) is 0.392. The van der Waals surface area contributed by atoms with Crippen LogP contribution in [0.3, 0.4) is 0 Å². The van der Waals surface area contributed by atoms with Crippen LogP contribution in [0, 0.1) is 11.8 Å². The van der Waals surface area contributed by atoms with Crippen molar-refractivity contribution in [2.24, 2.45) is 11.8 Å². The van der Waals surface area contributed by atoms with Gasteiger partial charge in [-0.1, -0.05) is 38.3 Å².